The summed E-state index contributed by atoms with van der Waals surface area (Å²) >= 11 is 0. The molecule has 0 amide bonds. The highest BCUT2D eigenvalue weighted by atomic mass is 28.2. The molecule has 0 saturated heterocycles. The van der Waals surface area contributed by atoms with Gasteiger partial charge in [0.05, 0.1) is 13.2 Å². The lowest BCUT2D eigenvalue weighted by Gasteiger charge is -2.07. The molecule has 0 saturated carbocycles. The zero-order valence-corrected chi connectivity index (χ0v) is 16.2. The first-order valence-electron chi connectivity index (χ1n) is 8.05. The van der Waals surface area contributed by atoms with Crippen molar-refractivity contribution in [1.82, 2.24) is 0 Å². The van der Waals surface area contributed by atoms with Crippen molar-refractivity contribution >= 4 is 27.8 Å². The second kappa shape index (κ2) is 12.0. The molecule has 1 rings (SSSR count). The van der Waals surface area contributed by atoms with E-state index in [4.69, 9.17) is 18.6 Å². The molecule has 0 aliphatic rings. The van der Waals surface area contributed by atoms with Gasteiger partial charge in [0.15, 0.2) is 9.76 Å². The summed E-state index contributed by atoms with van der Waals surface area (Å²) < 4.78 is 20.4. The van der Waals surface area contributed by atoms with Crippen molar-refractivity contribution in [2.75, 3.05) is 26.9 Å². The fourth-order valence-corrected chi connectivity index (χ4v) is 2.29. The van der Waals surface area contributed by atoms with Crippen LogP contribution in [0.2, 0.25) is 0 Å². The summed E-state index contributed by atoms with van der Waals surface area (Å²) in [6, 6.07) is 7.03. The van der Waals surface area contributed by atoms with E-state index in [1.54, 1.807) is 45.2 Å². The normalized spacial score (nSPS) is 10.8. The van der Waals surface area contributed by atoms with Gasteiger partial charge >= 0.3 is 11.9 Å². The minimum absolute atomic E-state index is 0.134. The first kappa shape index (κ1) is 20.7. The molecule has 6 nitrogen and oxygen atoms in total. The van der Waals surface area contributed by atoms with E-state index in [1.807, 2.05) is 11.8 Å². The number of rotatable bonds is 10. The average molecular weight is 364 g/mol. The summed E-state index contributed by atoms with van der Waals surface area (Å²) in [6.45, 7) is 4.18. The number of carbonyl (C=O) groups excluding carboxylic acids is 2. The van der Waals surface area contributed by atoms with Crippen LogP contribution in [0.1, 0.15) is 19.4 Å². The molecule has 0 aliphatic heterocycles. The zero-order valence-electron chi connectivity index (χ0n) is 14.8. The molecule has 0 unspecified atom stereocenters. The lowest BCUT2D eigenvalue weighted by Crippen LogP contribution is -2.18. The second-order valence-electron chi connectivity index (χ2n) is 4.81. The SMILES string of the molecule is CCOC(=O)C(=Cc1ccc(OCC=C[SiH2]OC)cc1)C(=O)OCC. The number of hydrogen-bond acceptors (Lipinski definition) is 6. The fourth-order valence-electron chi connectivity index (χ4n) is 1.82. The molecule has 25 heavy (non-hydrogen) atoms. The summed E-state index contributed by atoms with van der Waals surface area (Å²) in [5.41, 5.74) is 2.54. The van der Waals surface area contributed by atoms with Gasteiger partial charge in [0.25, 0.3) is 0 Å². The maximum Gasteiger partial charge on any atom is 0.345 e. The van der Waals surface area contributed by atoms with E-state index in [-0.39, 0.29) is 18.8 Å². The second-order valence-corrected chi connectivity index (χ2v) is 6.19. The van der Waals surface area contributed by atoms with Crippen LogP contribution in [0.4, 0.5) is 0 Å². The van der Waals surface area contributed by atoms with Gasteiger partial charge in [0, 0.05) is 7.11 Å². The number of esters is 2. The Balaban J connectivity index is 2.80. The Hall–Kier alpha value is -2.38. The maximum absolute atomic E-state index is 11.9. The van der Waals surface area contributed by atoms with Gasteiger partial charge in [0.1, 0.15) is 17.9 Å². The minimum Gasteiger partial charge on any atom is -0.490 e. The maximum atomic E-state index is 11.9. The topological polar surface area (TPSA) is 71.1 Å². The van der Waals surface area contributed by atoms with Crippen LogP contribution < -0.4 is 4.74 Å². The molecule has 1 aromatic carbocycles. The molecule has 7 heteroatoms. The molecule has 0 heterocycles. The van der Waals surface area contributed by atoms with Crippen LogP contribution in [0.15, 0.2) is 41.6 Å². The van der Waals surface area contributed by atoms with Gasteiger partial charge in [0.2, 0.25) is 0 Å². The van der Waals surface area contributed by atoms with Crippen molar-refractivity contribution in [2.45, 2.75) is 13.8 Å². The molecule has 0 aliphatic carbocycles. The van der Waals surface area contributed by atoms with E-state index in [9.17, 15) is 9.59 Å². The van der Waals surface area contributed by atoms with Gasteiger partial charge in [-0.1, -0.05) is 23.9 Å². The lowest BCUT2D eigenvalue weighted by molar-refractivity contribution is -0.146. The van der Waals surface area contributed by atoms with E-state index < -0.39 is 21.7 Å². The quantitative estimate of drug-likeness (QED) is 0.207. The van der Waals surface area contributed by atoms with Crippen LogP contribution in [-0.2, 0) is 23.5 Å². The third-order valence-corrected chi connectivity index (χ3v) is 3.82. The molecule has 136 valence electrons. The van der Waals surface area contributed by atoms with Crippen molar-refractivity contribution in [2.24, 2.45) is 0 Å². The molecule has 0 N–H and O–H groups in total. The van der Waals surface area contributed by atoms with E-state index in [0.29, 0.717) is 17.9 Å². The molecular formula is C18H24O6Si. The lowest BCUT2D eigenvalue weighted by atomic mass is 10.1. The van der Waals surface area contributed by atoms with Crippen molar-refractivity contribution in [1.29, 1.82) is 0 Å². The number of hydrogen-bond donors (Lipinski definition) is 0. The standard InChI is InChI=1S/C18H24O6Si/c1-4-22-17(19)16(18(20)23-5-2)13-14-7-9-15(10-8-14)24-11-6-12-25-21-3/h6-10,12-13H,4-5,11,25H2,1-3H3. The summed E-state index contributed by atoms with van der Waals surface area (Å²) in [5, 5.41) is 0. The van der Waals surface area contributed by atoms with Crippen LogP contribution in [0, 0.1) is 0 Å². The summed E-state index contributed by atoms with van der Waals surface area (Å²) in [7, 11) is 1.11. The Bertz CT molecular complexity index is 586. The highest BCUT2D eigenvalue weighted by Crippen LogP contribution is 2.16. The molecule has 0 spiro atoms. The number of carbonyl (C=O) groups is 2. The van der Waals surface area contributed by atoms with E-state index >= 15 is 0 Å². The molecule has 0 radical (unpaired) electrons. The summed E-state index contributed by atoms with van der Waals surface area (Å²) in [4.78, 5) is 23.9. The Labute approximate surface area is 150 Å². The van der Waals surface area contributed by atoms with Crippen LogP contribution in [0.25, 0.3) is 6.08 Å². The van der Waals surface area contributed by atoms with Crippen LogP contribution in [-0.4, -0.2) is 48.6 Å². The highest BCUT2D eigenvalue weighted by Gasteiger charge is 2.20. The number of ether oxygens (including phenoxy) is 3. The molecular weight excluding hydrogens is 340 g/mol. The van der Waals surface area contributed by atoms with E-state index in [1.165, 1.54) is 6.08 Å². The van der Waals surface area contributed by atoms with E-state index in [0.717, 1.165) is 0 Å². The van der Waals surface area contributed by atoms with Crippen LogP contribution in [0.5, 0.6) is 5.75 Å². The third kappa shape index (κ3) is 7.82. The summed E-state index contributed by atoms with van der Waals surface area (Å²) in [6.07, 6.45) is 3.37. The monoisotopic (exact) mass is 364 g/mol. The molecule has 0 aromatic heterocycles. The third-order valence-electron chi connectivity index (χ3n) is 2.96. The average Bonchev–Trinajstić information content (AvgIpc) is 2.61. The van der Waals surface area contributed by atoms with Crippen molar-refractivity contribution in [3.63, 3.8) is 0 Å². The molecule has 1 aromatic rings. The smallest absolute Gasteiger partial charge is 0.345 e. The molecule has 0 atom stereocenters. The highest BCUT2D eigenvalue weighted by molar-refractivity contribution is 6.34. The van der Waals surface area contributed by atoms with Gasteiger partial charge in [-0.3, -0.25) is 0 Å². The van der Waals surface area contributed by atoms with Crippen molar-refractivity contribution < 1.29 is 28.2 Å². The van der Waals surface area contributed by atoms with Crippen LogP contribution in [0.3, 0.4) is 0 Å². The Kier molecular flexibility index (Phi) is 9.96. The van der Waals surface area contributed by atoms with Crippen molar-refractivity contribution in [3.8, 4) is 5.75 Å². The fraction of sp³-hybridized carbons (Fsp3) is 0.333. The van der Waals surface area contributed by atoms with E-state index in [2.05, 4.69) is 0 Å². The first-order valence-corrected chi connectivity index (χ1v) is 9.44. The zero-order chi connectivity index (χ0) is 18.5. The Morgan fingerprint density at radius 2 is 1.64 bits per heavy atom. The predicted molar refractivity (Wildman–Crippen MR) is 97.9 cm³/mol. The van der Waals surface area contributed by atoms with Gasteiger partial charge in [-0.15, -0.1) is 0 Å². The molecule has 0 fully saturated rings. The minimum atomic E-state index is -0.700. The van der Waals surface area contributed by atoms with Crippen molar-refractivity contribution in [3.05, 3.63) is 47.2 Å². The first-order chi connectivity index (χ1) is 12.1. The summed E-state index contributed by atoms with van der Waals surface area (Å²) in [5.74, 6) is -0.711. The van der Waals surface area contributed by atoms with Gasteiger partial charge in [-0.25, -0.2) is 9.59 Å². The van der Waals surface area contributed by atoms with Crippen LogP contribution >= 0.6 is 0 Å². The van der Waals surface area contributed by atoms with Gasteiger partial charge < -0.3 is 18.6 Å². The Morgan fingerprint density at radius 3 is 2.16 bits per heavy atom. The van der Waals surface area contributed by atoms with Gasteiger partial charge in [-0.2, -0.15) is 0 Å². The Morgan fingerprint density at radius 1 is 1.04 bits per heavy atom. The predicted octanol–water partition coefficient (Wildman–Crippen LogP) is 1.82. The number of benzene rings is 1. The van der Waals surface area contributed by atoms with Gasteiger partial charge in [-0.05, 0) is 37.6 Å². The largest absolute Gasteiger partial charge is 0.490 e. The molecule has 0 bridgehead atoms.